The van der Waals surface area contributed by atoms with Gasteiger partial charge in [0, 0.05) is 23.7 Å². The van der Waals surface area contributed by atoms with Crippen LogP contribution in [-0.4, -0.2) is 40.1 Å². The van der Waals surface area contributed by atoms with Crippen LogP contribution in [0.3, 0.4) is 0 Å². The van der Waals surface area contributed by atoms with E-state index in [9.17, 15) is 9.90 Å². The van der Waals surface area contributed by atoms with Crippen molar-refractivity contribution in [3.8, 4) is 0 Å². The van der Waals surface area contributed by atoms with Gasteiger partial charge in [-0.1, -0.05) is 17.7 Å². The van der Waals surface area contributed by atoms with Crippen molar-refractivity contribution in [2.24, 2.45) is 0 Å². The van der Waals surface area contributed by atoms with Crippen molar-refractivity contribution in [1.29, 1.82) is 0 Å². The highest BCUT2D eigenvalue weighted by Gasteiger charge is 2.24. The zero-order valence-corrected chi connectivity index (χ0v) is 14.7. The van der Waals surface area contributed by atoms with Gasteiger partial charge in [0.2, 0.25) is 5.91 Å². The molecule has 0 saturated carbocycles. The first-order chi connectivity index (χ1) is 11.6. The SMILES string of the molecule is Cc1ccc(NC(=O)Cc2nc(CN3CCC[C@@H]3CO)cs2)cc1. The summed E-state index contributed by atoms with van der Waals surface area (Å²) in [5.41, 5.74) is 2.96. The molecule has 1 aromatic carbocycles. The fourth-order valence-electron chi connectivity index (χ4n) is 3.00. The number of rotatable bonds is 6. The summed E-state index contributed by atoms with van der Waals surface area (Å²) in [6.07, 6.45) is 2.47. The monoisotopic (exact) mass is 345 g/mol. The minimum absolute atomic E-state index is 0.0471. The number of nitrogens with zero attached hydrogens (tertiary/aromatic N) is 2. The van der Waals surface area contributed by atoms with Crippen molar-refractivity contribution in [2.45, 2.75) is 38.8 Å². The maximum Gasteiger partial charge on any atom is 0.231 e. The molecular weight excluding hydrogens is 322 g/mol. The summed E-state index contributed by atoms with van der Waals surface area (Å²) in [7, 11) is 0. The van der Waals surface area contributed by atoms with Gasteiger partial charge in [-0.3, -0.25) is 9.69 Å². The van der Waals surface area contributed by atoms with Crippen LogP contribution in [0.25, 0.3) is 0 Å². The van der Waals surface area contributed by atoms with Crippen LogP contribution in [0.2, 0.25) is 0 Å². The van der Waals surface area contributed by atoms with E-state index < -0.39 is 0 Å². The van der Waals surface area contributed by atoms with Crippen LogP contribution < -0.4 is 5.32 Å². The van der Waals surface area contributed by atoms with E-state index in [2.05, 4.69) is 15.2 Å². The highest BCUT2D eigenvalue weighted by molar-refractivity contribution is 7.09. The lowest BCUT2D eigenvalue weighted by atomic mass is 10.2. The molecule has 1 aromatic heterocycles. The summed E-state index contributed by atoms with van der Waals surface area (Å²) >= 11 is 1.52. The number of nitrogens with one attached hydrogen (secondary N) is 1. The predicted molar refractivity (Wildman–Crippen MR) is 96.1 cm³/mol. The summed E-state index contributed by atoms with van der Waals surface area (Å²) in [4.78, 5) is 19.0. The van der Waals surface area contributed by atoms with E-state index in [1.807, 2.05) is 36.6 Å². The van der Waals surface area contributed by atoms with Crippen LogP contribution in [-0.2, 0) is 17.8 Å². The topological polar surface area (TPSA) is 65.5 Å². The Bertz CT molecular complexity index is 684. The van der Waals surface area contributed by atoms with Crippen LogP contribution in [0.4, 0.5) is 5.69 Å². The number of aliphatic hydroxyl groups is 1. The molecule has 128 valence electrons. The van der Waals surface area contributed by atoms with Crippen molar-refractivity contribution < 1.29 is 9.90 Å². The Kier molecular flexibility index (Phi) is 5.60. The normalized spacial score (nSPS) is 18.0. The summed E-state index contributed by atoms with van der Waals surface area (Å²) in [5.74, 6) is -0.0471. The van der Waals surface area contributed by atoms with Crippen LogP contribution in [0.15, 0.2) is 29.6 Å². The summed E-state index contributed by atoms with van der Waals surface area (Å²) in [6.45, 7) is 3.98. The Morgan fingerprint density at radius 1 is 1.42 bits per heavy atom. The Balaban J connectivity index is 1.53. The largest absolute Gasteiger partial charge is 0.395 e. The van der Waals surface area contributed by atoms with Gasteiger partial charge < -0.3 is 10.4 Å². The number of hydrogen-bond donors (Lipinski definition) is 2. The third kappa shape index (κ3) is 4.41. The van der Waals surface area contributed by atoms with Gasteiger partial charge in [-0.05, 0) is 38.4 Å². The fourth-order valence-corrected chi connectivity index (χ4v) is 3.78. The maximum absolute atomic E-state index is 12.1. The summed E-state index contributed by atoms with van der Waals surface area (Å²) < 4.78 is 0. The van der Waals surface area contributed by atoms with Gasteiger partial charge in [0.25, 0.3) is 0 Å². The number of aromatic nitrogens is 1. The Hall–Kier alpha value is -1.76. The molecule has 1 aliphatic heterocycles. The molecule has 0 bridgehead atoms. The average Bonchev–Trinajstić information content (AvgIpc) is 3.19. The van der Waals surface area contributed by atoms with Gasteiger partial charge in [-0.2, -0.15) is 0 Å². The summed E-state index contributed by atoms with van der Waals surface area (Å²) in [6, 6.07) is 8.02. The van der Waals surface area contributed by atoms with Gasteiger partial charge in [0.05, 0.1) is 18.7 Å². The Labute approximate surface area is 146 Å². The first-order valence-electron chi connectivity index (χ1n) is 8.29. The highest BCUT2D eigenvalue weighted by Crippen LogP contribution is 2.21. The molecule has 2 heterocycles. The third-order valence-electron chi connectivity index (χ3n) is 4.32. The molecule has 1 saturated heterocycles. The molecule has 6 heteroatoms. The zero-order chi connectivity index (χ0) is 16.9. The molecule has 5 nitrogen and oxygen atoms in total. The molecule has 1 amide bonds. The molecule has 24 heavy (non-hydrogen) atoms. The maximum atomic E-state index is 12.1. The summed E-state index contributed by atoms with van der Waals surface area (Å²) in [5, 5.41) is 15.1. The van der Waals surface area contributed by atoms with E-state index in [1.54, 1.807) is 0 Å². The van der Waals surface area contributed by atoms with Crippen molar-refractivity contribution in [1.82, 2.24) is 9.88 Å². The van der Waals surface area contributed by atoms with Crippen LogP contribution in [0.5, 0.6) is 0 Å². The number of aliphatic hydroxyl groups excluding tert-OH is 1. The number of benzene rings is 1. The fraction of sp³-hybridized carbons (Fsp3) is 0.444. The van der Waals surface area contributed by atoms with Gasteiger partial charge >= 0.3 is 0 Å². The number of aryl methyl sites for hydroxylation is 1. The second-order valence-electron chi connectivity index (χ2n) is 6.27. The van der Waals surface area contributed by atoms with Crippen LogP contribution in [0, 0.1) is 6.92 Å². The molecule has 0 radical (unpaired) electrons. The highest BCUT2D eigenvalue weighted by atomic mass is 32.1. The smallest absolute Gasteiger partial charge is 0.231 e. The average molecular weight is 345 g/mol. The molecule has 1 fully saturated rings. The van der Waals surface area contributed by atoms with E-state index in [0.717, 1.165) is 42.3 Å². The molecule has 0 aliphatic carbocycles. The Morgan fingerprint density at radius 2 is 2.21 bits per heavy atom. The van der Waals surface area contributed by atoms with Gasteiger partial charge in [0.1, 0.15) is 5.01 Å². The molecule has 2 aromatic rings. The number of hydrogen-bond acceptors (Lipinski definition) is 5. The number of anilines is 1. The van der Waals surface area contributed by atoms with Crippen LogP contribution >= 0.6 is 11.3 Å². The van der Waals surface area contributed by atoms with Crippen molar-refractivity contribution in [3.05, 3.63) is 45.9 Å². The van der Waals surface area contributed by atoms with E-state index >= 15 is 0 Å². The molecule has 1 aliphatic rings. The number of carbonyl (C=O) groups is 1. The molecule has 0 spiro atoms. The molecule has 3 rings (SSSR count). The number of likely N-dealkylation sites (tertiary alicyclic amines) is 1. The molecular formula is C18H23N3O2S. The van der Waals surface area contributed by atoms with Crippen LogP contribution in [0.1, 0.15) is 29.1 Å². The first kappa shape index (κ1) is 17.1. The van der Waals surface area contributed by atoms with E-state index in [1.165, 1.54) is 16.9 Å². The lowest BCUT2D eigenvalue weighted by molar-refractivity contribution is -0.115. The zero-order valence-electron chi connectivity index (χ0n) is 13.9. The Morgan fingerprint density at radius 3 is 2.96 bits per heavy atom. The van der Waals surface area contributed by atoms with E-state index in [-0.39, 0.29) is 18.6 Å². The second-order valence-corrected chi connectivity index (χ2v) is 7.22. The lowest BCUT2D eigenvalue weighted by Gasteiger charge is -2.21. The quantitative estimate of drug-likeness (QED) is 0.845. The number of thiazole rings is 1. The number of amides is 1. The van der Waals surface area contributed by atoms with Gasteiger partial charge in [0.15, 0.2) is 0 Å². The van der Waals surface area contributed by atoms with E-state index in [0.29, 0.717) is 6.42 Å². The van der Waals surface area contributed by atoms with Crippen molar-refractivity contribution >= 4 is 22.9 Å². The standard InChI is InChI=1S/C18H23N3O2S/c1-13-4-6-14(7-5-13)19-17(23)9-18-20-15(12-24-18)10-21-8-2-3-16(21)11-22/h4-7,12,16,22H,2-3,8-11H2,1H3,(H,19,23)/t16-/m1/s1. The molecule has 0 unspecified atom stereocenters. The minimum atomic E-state index is -0.0471. The van der Waals surface area contributed by atoms with E-state index in [4.69, 9.17) is 0 Å². The first-order valence-corrected chi connectivity index (χ1v) is 9.16. The van der Waals surface area contributed by atoms with Gasteiger partial charge in [-0.15, -0.1) is 11.3 Å². The van der Waals surface area contributed by atoms with Crippen molar-refractivity contribution in [2.75, 3.05) is 18.5 Å². The molecule has 2 N–H and O–H groups in total. The third-order valence-corrected chi connectivity index (χ3v) is 5.22. The predicted octanol–water partition coefficient (Wildman–Crippen LogP) is 2.59. The van der Waals surface area contributed by atoms with Crippen molar-refractivity contribution in [3.63, 3.8) is 0 Å². The second kappa shape index (κ2) is 7.88. The number of carbonyl (C=O) groups excluding carboxylic acids is 1. The minimum Gasteiger partial charge on any atom is -0.395 e. The molecule has 1 atom stereocenters. The van der Waals surface area contributed by atoms with Gasteiger partial charge in [-0.25, -0.2) is 4.98 Å². The lowest BCUT2D eigenvalue weighted by Crippen LogP contribution is -2.31.